The van der Waals surface area contributed by atoms with E-state index < -0.39 is 0 Å². The van der Waals surface area contributed by atoms with Crippen LogP contribution in [-0.2, 0) is 17.8 Å². The van der Waals surface area contributed by atoms with E-state index in [2.05, 4.69) is 47.1 Å². The summed E-state index contributed by atoms with van der Waals surface area (Å²) in [4.78, 5) is 17.5. The number of aromatic nitrogens is 2. The summed E-state index contributed by atoms with van der Waals surface area (Å²) in [7, 11) is 0. The molecule has 1 heterocycles. The number of unbranched alkanes of at least 4 members (excludes halogenated alkanes) is 1. The van der Waals surface area contributed by atoms with E-state index in [0.29, 0.717) is 13.0 Å². The maximum atomic E-state index is 12.6. The van der Waals surface area contributed by atoms with E-state index in [1.807, 2.05) is 55.5 Å². The molecule has 1 aromatic heterocycles. The minimum absolute atomic E-state index is 0.0431. The fraction of sp³-hybridized carbons (Fsp3) is 0.310. The third kappa shape index (κ3) is 6.25. The molecule has 3 aromatic carbocycles. The SMILES string of the molecule is Cc1cccc(OCCCCn2c(C(C)NC(=O)CCc3ccccc3)nc3ccccc32)c1. The summed E-state index contributed by atoms with van der Waals surface area (Å²) >= 11 is 0. The number of nitrogens with zero attached hydrogens (tertiary/aromatic N) is 2. The van der Waals surface area contributed by atoms with E-state index in [0.717, 1.165) is 48.4 Å². The molecule has 0 saturated carbocycles. The number of aryl methyl sites for hydroxylation is 3. The lowest BCUT2D eigenvalue weighted by molar-refractivity contribution is -0.121. The lowest BCUT2D eigenvalue weighted by Gasteiger charge is -2.16. The van der Waals surface area contributed by atoms with Crippen molar-refractivity contribution in [2.24, 2.45) is 0 Å². The van der Waals surface area contributed by atoms with E-state index in [1.54, 1.807) is 0 Å². The second kappa shape index (κ2) is 11.5. The summed E-state index contributed by atoms with van der Waals surface area (Å²) in [5, 5.41) is 3.15. The number of ether oxygens (including phenoxy) is 1. The van der Waals surface area contributed by atoms with Gasteiger partial charge < -0.3 is 14.6 Å². The number of carbonyl (C=O) groups is 1. The van der Waals surface area contributed by atoms with Crippen LogP contribution in [0.5, 0.6) is 5.75 Å². The van der Waals surface area contributed by atoms with Crippen LogP contribution in [0.4, 0.5) is 0 Å². The molecule has 0 spiro atoms. The molecular weight excluding hydrogens is 422 g/mol. The molecule has 0 saturated heterocycles. The highest BCUT2D eigenvalue weighted by Gasteiger charge is 2.18. The lowest BCUT2D eigenvalue weighted by Crippen LogP contribution is -2.29. The minimum atomic E-state index is -0.167. The molecule has 4 rings (SSSR count). The van der Waals surface area contributed by atoms with Gasteiger partial charge in [0.15, 0.2) is 0 Å². The minimum Gasteiger partial charge on any atom is -0.494 e. The summed E-state index contributed by atoms with van der Waals surface area (Å²) in [6.45, 7) is 5.59. The zero-order valence-corrected chi connectivity index (χ0v) is 20.0. The monoisotopic (exact) mass is 455 g/mol. The van der Waals surface area contributed by atoms with Crippen molar-refractivity contribution in [2.75, 3.05) is 6.61 Å². The number of benzene rings is 3. The quantitative estimate of drug-likeness (QED) is 0.282. The van der Waals surface area contributed by atoms with Gasteiger partial charge in [0, 0.05) is 13.0 Å². The Balaban J connectivity index is 1.35. The largest absolute Gasteiger partial charge is 0.494 e. The average Bonchev–Trinajstić information content (AvgIpc) is 3.22. The van der Waals surface area contributed by atoms with Crippen LogP contribution in [0.25, 0.3) is 11.0 Å². The number of rotatable bonds is 11. The van der Waals surface area contributed by atoms with Gasteiger partial charge in [-0.2, -0.15) is 0 Å². The van der Waals surface area contributed by atoms with Gasteiger partial charge in [-0.15, -0.1) is 0 Å². The Bertz CT molecular complexity index is 1220. The molecule has 34 heavy (non-hydrogen) atoms. The van der Waals surface area contributed by atoms with Crippen LogP contribution in [0.15, 0.2) is 78.9 Å². The van der Waals surface area contributed by atoms with Crippen molar-refractivity contribution in [3.8, 4) is 5.75 Å². The summed E-state index contributed by atoms with van der Waals surface area (Å²) in [5.41, 5.74) is 4.43. The number of amides is 1. The average molecular weight is 456 g/mol. The van der Waals surface area contributed by atoms with Crippen LogP contribution in [0.1, 0.15) is 49.2 Å². The first kappa shape index (κ1) is 23.6. The molecule has 0 bridgehead atoms. The highest BCUT2D eigenvalue weighted by molar-refractivity contribution is 5.78. The van der Waals surface area contributed by atoms with Crippen molar-refractivity contribution >= 4 is 16.9 Å². The Morgan fingerprint density at radius 2 is 1.79 bits per heavy atom. The Morgan fingerprint density at radius 3 is 2.62 bits per heavy atom. The third-order valence-corrected chi connectivity index (χ3v) is 5.97. The molecular formula is C29H33N3O2. The smallest absolute Gasteiger partial charge is 0.220 e. The number of imidazole rings is 1. The van der Waals surface area contributed by atoms with Gasteiger partial charge in [-0.3, -0.25) is 4.79 Å². The highest BCUT2D eigenvalue weighted by Crippen LogP contribution is 2.22. The van der Waals surface area contributed by atoms with Crippen LogP contribution in [0, 0.1) is 6.92 Å². The van der Waals surface area contributed by atoms with Gasteiger partial charge in [-0.25, -0.2) is 4.98 Å². The standard InChI is InChI=1S/C29H33N3O2/c1-22-11-10-14-25(21-22)34-20-9-8-19-32-27-16-7-6-15-26(27)31-29(32)23(2)30-28(33)18-17-24-12-4-3-5-13-24/h3-7,10-16,21,23H,8-9,17-20H2,1-2H3,(H,30,33). The van der Waals surface area contributed by atoms with Crippen molar-refractivity contribution < 1.29 is 9.53 Å². The summed E-state index contributed by atoms with van der Waals surface area (Å²) in [6, 6.07) is 26.2. The molecule has 5 heteroatoms. The number of carbonyl (C=O) groups excluding carboxylic acids is 1. The van der Waals surface area contributed by atoms with Gasteiger partial charge in [0.05, 0.1) is 23.7 Å². The van der Waals surface area contributed by atoms with Crippen molar-refractivity contribution in [3.63, 3.8) is 0 Å². The van der Waals surface area contributed by atoms with Gasteiger partial charge in [-0.05, 0) is 68.5 Å². The summed E-state index contributed by atoms with van der Waals surface area (Å²) in [5.74, 6) is 1.86. The van der Waals surface area contributed by atoms with Gasteiger partial charge in [0.25, 0.3) is 0 Å². The van der Waals surface area contributed by atoms with E-state index >= 15 is 0 Å². The topological polar surface area (TPSA) is 56.1 Å². The molecule has 0 aliphatic carbocycles. The number of nitrogens with one attached hydrogen (secondary N) is 1. The number of hydrogen-bond acceptors (Lipinski definition) is 3. The summed E-state index contributed by atoms with van der Waals surface area (Å²) in [6.07, 6.45) is 3.10. The van der Waals surface area contributed by atoms with Gasteiger partial charge in [0.1, 0.15) is 11.6 Å². The van der Waals surface area contributed by atoms with Crippen LogP contribution in [0.3, 0.4) is 0 Å². The maximum Gasteiger partial charge on any atom is 0.220 e. The normalized spacial score (nSPS) is 11.9. The third-order valence-electron chi connectivity index (χ3n) is 5.97. The zero-order chi connectivity index (χ0) is 23.8. The molecule has 0 radical (unpaired) electrons. The predicted molar refractivity (Wildman–Crippen MR) is 137 cm³/mol. The van der Waals surface area contributed by atoms with Crippen LogP contribution >= 0.6 is 0 Å². The second-order valence-electron chi connectivity index (χ2n) is 8.76. The number of para-hydroxylation sites is 2. The lowest BCUT2D eigenvalue weighted by atomic mass is 10.1. The van der Waals surface area contributed by atoms with Crippen molar-refractivity contribution in [3.05, 3.63) is 95.8 Å². The zero-order valence-electron chi connectivity index (χ0n) is 20.0. The fourth-order valence-corrected chi connectivity index (χ4v) is 4.21. The van der Waals surface area contributed by atoms with Crippen LogP contribution in [-0.4, -0.2) is 22.1 Å². The molecule has 0 aliphatic rings. The molecule has 1 N–H and O–H groups in total. The van der Waals surface area contributed by atoms with E-state index in [9.17, 15) is 4.79 Å². The van der Waals surface area contributed by atoms with Gasteiger partial charge >= 0.3 is 0 Å². The Labute approximate surface area is 201 Å². The highest BCUT2D eigenvalue weighted by atomic mass is 16.5. The first-order valence-corrected chi connectivity index (χ1v) is 12.1. The Morgan fingerprint density at radius 1 is 1.00 bits per heavy atom. The first-order chi connectivity index (χ1) is 16.6. The molecule has 5 nitrogen and oxygen atoms in total. The first-order valence-electron chi connectivity index (χ1n) is 12.1. The fourth-order valence-electron chi connectivity index (χ4n) is 4.21. The molecule has 0 fully saturated rings. The Kier molecular flexibility index (Phi) is 7.97. The maximum absolute atomic E-state index is 12.6. The summed E-state index contributed by atoms with van der Waals surface area (Å²) < 4.78 is 8.15. The molecule has 4 aromatic rings. The van der Waals surface area contributed by atoms with Crippen LogP contribution < -0.4 is 10.1 Å². The van der Waals surface area contributed by atoms with Crippen molar-refractivity contribution in [2.45, 2.75) is 52.1 Å². The number of fused-ring (bicyclic) bond motifs is 1. The van der Waals surface area contributed by atoms with E-state index in [4.69, 9.17) is 9.72 Å². The van der Waals surface area contributed by atoms with Crippen molar-refractivity contribution in [1.82, 2.24) is 14.9 Å². The second-order valence-corrected chi connectivity index (χ2v) is 8.76. The number of hydrogen-bond donors (Lipinski definition) is 1. The van der Waals surface area contributed by atoms with E-state index in [-0.39, 0.29) is 11.9 Å². The van der Waals surface area contributed by atoms with Gasteiger partial charge in [-0.1, -0.05) is 54.6 Å². The van der Waals surface area contributed by atoms with Crippen LogP contribution in [0.2, 0.25) is 0 Å². The Hall–Kier alpha value is -3.60. The van der Waals surface area contributed by atoms with Crippen molar-refractivity contribution in [1.29, 1.82) is 0 Å². The van der Waals surface area contributed by atoms with E-state index in [1.165, 1.54) is 11.1 Å². The molecule has 1 unspecified atom stereocenters. The van der Waals surface area contributed by atoms with Gasteiger partial charge in [0.2, 0.25) is 5.91 Å². The predicted octanol–water partition coefficient (Wildman–Crippen LogP) is 6.01. The molecule has 0 aliphatic heterocycles. The molecule has 1 amide bonds. The molecule has 1 atom stereocenters. The molecule has 176 valence electrons.